The Bertz CT molecular complexity index is 914. The van der Waals surface area contributed by atoms with Gasteiger partial charge in [-0.05, 0) is 25.3 Å². The standard InChI is InChI=1S/C19H24N6O2/c26-15-9-13(4-7-20-15)23-18-21-10-12-8-14-17(27)22-11-19(5-2-1-3-6-19)25(14)16(12)24-18/h8,10,13H,1-7,9,11H2,(H,20,26)(H,22,27)(H,21,23,24). The minimum atomic E-state index is -0.0837. The van der Waals surface area contributed by atoms with Gasteiger partial charge in [-0.15, -0.1) is 0 Å². The molecule has 2 aliphatic heterocycles. The topological polar surface area (TPSA) is 101 Å². The van der Waals surface area contributed by atoms with E-state index in [1.165, 1.54) is 19.3 Å². The molecule has 1 unspecified atom stereocenters. The number of piperidine rings is 1. The van der Waals surface area contributed by atoms with Crippen LogP contribution in [0.3, 0.4) is 0 Å². The van der Waals surface area contributed by atoms with E-state index in [-0.39, 0.29) is 23.4 Å². The zero-order valence-corrected chi connectivity index (χ0v) is 15.3. The van der Waals surface area contributed by atoms with Crippen molar-refractivity contribution >= 4 is 28.8 Å². The molecule has 3 aliphatic rings. The van der Waals surface area contributed by atoms with Crippen molar-refractivity contribution in [2.75, 3.05) is 18.4 Å². The van der Waals surface area contributed by atoms with Crippen molar-refractivity contribution in [2.45, 2.75) is 56.5 Å². The van der Waals surface area contributed by atoms with E-state index in [9.17, 15) is 9.59 Å². The highest BCUT2D eigenvalue weighted by molar-refractivity contribution is 5.99. The summed E-state index contributed by atoms with van der Waals surface area (Å²) in [5.41, 5.74) is 1.42. The fourth-order valence-corrected chi connectivity index (χ4v) is 4.82. The second-order valence-electron chi connectivity index (χ2n) is 7.99. The van der Waals surface area contributed by atoms with E-state index in [0.29, 0.717) is 31.2 Å². The highest BCUT2D eigenvalue weighted by atomic mass is 16.2. The lowest BCUT2D eigenvalue weighted by Gasteiger charge is -2.42. The summed E-state index contributed by atoms with van der Waals surface area (Å²) in [7, 11) is 0. The molecule has 2 amide bonds. The molecule has 1 aliphatic carbocycles. The third-order valence-corrected chi connectivity index (χ3v) is 6.19. The number of hydrogen-bond acceptors (Lipinski definition) is 5. The number of aromatic nitrogens is 3. The first-order chi connectivity index (χ1) is 13.1. The first kappa shape index (κ1) is 16.5. The lowest BCUT2D eigenvalue weighted by molar-refractivity contribution is -0.122. The van der Waals surface area contributed by atoms with Gasteiger partial charge in [-0.2, -0.15) is 4.98 Å². The van der Waals surface area contributed by atoms with Gasteiger partial charge < -0.3 is 20.5 Å². The average Bonchev–Trinajstić information content (AvgIpc) is 3.06. The molecule has 27 heavy (non-hydrogen) atoms. The Hall–Kier alpha value is -2.64. The normalized spacial score (nSPS) is 24.4. The fraction of sp³-hybridized carbons (Fsp3) is 0.579. The number of carbonyl (C=O) groups is 2. The summed E-state index contributed by atoms with van der Waals surface area (Å²) < 4.78 is 2.17. The zero-order chi connectivity index (χ0) is 18.4. The summed E-state index contributed by atoms with van der Waals surface area (Å²) in [6.07, 6.45) is 8.76. The number of hydrogen-bond donors (Lipinski definition) is 3. The van der Waals surface area contributed by atoms with Crippen molar-refractivity contribution in [1.29, 1.82) is 0 Å². The maximum Gasteiger partial charge on any atom is 0.268 e. The first-order valence-corrected chi connectivity index (χ1v) is 9.85. The largest absolute Gasteiger partial charge is 0.356 e. The average molecular weight is 368 g/mol. The molecule has 2 aromatic heterocycles. The molecular weight excluding hydrogens is 344 g/mol. The van der Waals surface area contributed by atoms with Gasteiger partial charge in [0.05, 0.1) is 5.54 Å². The minimum Gasteiger partial charge on any atom is -0.356 e. The van der Waals surface area contributed by atoms with Crippen LogP contribution in [0.4, 0.5) is 5.95 Å². The van der Waals surface area contributed by atoms with Crippen LogP contribution in [0.25, 0.3) is 11.0 Å². The van der Waals surface area contributed by atoms with Crippen LogP contribution < -0.4 is 16.0 Å². The summed E-state index contributed by atoms with van der Waals surface area (Å²) in [5, 5.41) is 10.1. The maximum atomic E-state index is 12.5. The van der Waals surface area contributed by atoms with Crippen LogP contribution in [0.15, 0.2) is 12.3 Å². The quantitative estimate of drug-likeness (QED) is 0.746. The predicted octanol–water partition coefficient (Wildman–Crippen LogP) is 1.52. The van der Waals surface area contributed by atoms with Crippen molar-refractivity contribution in [2.24, 2.45) is 0 Å². The van der Waals surface area contributed by atoms with E-state index < -0.39 is 0 Å². The number of carbonyl (C=O) groups excluding carboxylic acids is 2. The van der Waals surface area contributed by atoms with Gasteiger partial charge in [-0.3, -0.25) is 9.59 Å². The van der Waals surface area contributed by atoms with Gasteiger partial charge in [0.25, 0.3) is 5.91 Å². The maximum absolute atomic E-state index is 12.5. The van der Waals surface area contributed by atoms with Gasteiger partial charge >= 0.3 is 0 Å². The molecule has 4 heterocycles. The smallest absolute Gasteiger partial charge is 0.268 e. The zero-order valence-electron chi connectivity index (χ0n) is 15.3. The molecule has 0 bridgehead atoms. The van der Waals surface area contributed by atoms with Gasteiger partial charge in [-0.1, -0.05) is 19.3 Å². The Morgan fingerprint density at radius 2 is 2.04 bits per heavy atom. The predicted molar refractivity (Wildman–Crippen MR) is 101 cm³/mol. The molecule has 8 nitrogen and oxygen atoms in total. The van der Waals surface area contributed by atoms with E-state index in [2.05, 4.69) is 25.5 Å². The van der Waals surface area contributed by atoms with E-state index in [0.717, 1.165) is 30.3 Å². The Morgan fingerprint density at radius 1 is 1.19 bits per heavy atom. The molecule has 0 aromatic carbocycles. The van der Waals surface area contributed by atoms with E-state index >= 15 is 0 Å². The third-order valence-electron chi connectivity index (χ3n) is 6.19. The second-order valence-corrected chi connectivity index (χ2v) is 7.99. The van der Waals surface area contributed by atoms with Crippen molar-refractivity contribution < 1.29 is 9.59 Å². The molecule has 8 heteroatoms. The monoisotopic (exact) mass is 368 g/mol. The van der Waals surface area contributed by atoms with Gasteiger partial charge in [0.1, 0.15) is 11.3 Å². The molecule has 2 aromatic rings. The fourth-order valence-electron chi connectivity index (χ4n) is 4.82. The van der Waals surface area contributed by atoms with Crippen LogP contribution in [0.5, 0.6) is 0 Å². The van der Waals surface area contributed by atoms with Crippen LogP contribution in [-0.4, -0.2) is 45.5 Å². The van der Waals surface area contributed by atoms with Crippen LogP contribution >= 0.6 is 0 Å². The molecule has 2 fully saturated rings. The van der Waals surface area contributed by atoms with Gasteiger partial charge in [0, 0.05) is 37.1 Å². The number of anilines is 1. The summed E-state index contributed by atoms with van der Waals surface area (Å²) >= 11 is 0. The summed E-state index contributed by atoms with van der Waals surface area (Å²) in [4.78, 5) is 33.3. The van der Waals surface area contributed by atoms with Crippen LogP contribution in [0, 0.1) is 0 Å². The number of fused-ring (bicyclic) bond motifs is 4. The van der Waals surface area contributed by atoms with E-state index in [4.69, 9.17) is 4.98 Å². The van der Waals surface area contributed by atoms with Crippen LogP contribution in [0.1, 0.15) is 55.4 Å². The summed E-state index contributed by atoms with van der Waals surface area (Å²) in [5.74, 6) is 0.542. The number of nitrogens with zero attached hydrogens (tertiary/aromatic N) is 3. The van der Waals surface area contributed by atoms with Crippen molar-refractivity contribution in [3.8, 4) is 0 Å². The Kier molecular flexibility index (Phi) is 3.80. The molecule has 5 rings (SSSR count). The SMILES string of the molecule is O=C1CC(Nc2ncc3cc4n(c3n2)C2(CCCCC2)CNC4=O)CCN1. The van der Waals surface area contributed by atoms with Crippen LogP contribution in [-0.2, 0) is 10.3 Å². The highest BCUT2D eigenvalue weighted by Crippen LogP contribution is 2.40. The lowest BCUT2D eigenvalue weighted by Crippen LogP contribution is -2.52. The first-order valence-electron chi connectivity index (χ1n) is 9.85. The van der Waals surface area contributed by atoms with E-state index in [1.54, 1.807) is 6.20 Å². The van der Waals surface area contributed by atoms with Gasteiger partial charge in [0.15, 0.2) is 0 Å². The molecule has 3 N–H and O–H groups in total. The van der Waals surface area contributed by atoms with Crippen molar-refractivity contribution in [1.82, 2.24) is 25.2 Å². The number of rotatable bonds is 2. The summed E-state index contributed by atoms with van der Waals surface area (Å²) in [6, 6.07) is 1.94. The molecule has 142 valence electrons. The minimum absolute atomic E-state index is 0.0392. The molecule has 1 spiro atoms. The molecule has 1 saturated heterocycles. The van der Waals surface area contributed by atoms with Crippen molar-refractivity contribution in [3.05, 3.63) is 18.0 Å². The number of amides is 2. The van der Waals surface area contributed by atoms with Crippen molar-refractivity contribution in [3.63, 3.8) is 0 Å². The molecular formula is C19H24N6O2. The van der Waals surface area contributed by atoms with Gasteiger partial charge in [0.2, 0.25) is 11.9 Å². The molecule has 1 saturated carbocycles. The lowest BCUT2D eigenvalue weighted by atomic mass is 9.80. The Labute approximate surface area is 157 Å². The third kappa shape index (κ3) is 2.74. The Balaban J connectivity index is 1.55. The summed E-state index contributed by atoms with van der Waals surface area (Å²) in [6.45, 7) is 1.33. The second kappa shape index (κ2) is 6.21. The Morgan fingerprint density at radius 3 is 2.85 bits per heavy atom. The number of nitrogens with one attached hydrogen (secondary N) is 3. The van der Waals surface area contributed by atoms with E-state index in [1.807, 2.05) is 6.07 Å². The molecule has 0 radical (unpaired) electrons. The highest BCUT2D eigenvalue weighted by Gasteiger charge is 2.41. The van der Waals surface area contributed by atoms with Gasteiger partial charge in [-0.25, -0.2) is 4.98 Å². The van der Waals surface area contributed by atoms with Crippen LogP contribution in [0.2, 0.25) is 0 Å². The molecule has 1 atom stereocenters.